The summed E-state index contributed by atoms with van der Waals surface area (Å²) in [7, 11) is 0. The highest BCUT2D eigenvalue weighted by molar-refractivity contribution is 6.32. The number of ether oxygens (including phenoxy) is 1. The molecule has 3 aromatic rings. The molecule has 166 valence electrons. The van der Waals surface area contributed by atoms with Crippen molar-refractivity contribution in [3.05, 3.63) is 70.2 Å². The van der Waals surface area contributed by atoms with E-state index in [1.54, 1.807) is 0 Å². The number of aromatic nitrogens is 2. The first-order valence-electron chi connectivity index (χ1n) is 10.7. The molecule has 2 heterocycles. The number of nitrogens with zero attached hydrogens (tertiary/aromatic N) is 4. The zero-order valence-electron chi connectivity index (χ0n) is 18.6. The first-order valence-corrected chi connectivity index (χ1v) is 11.1. The predicted molar refractivity (Wildman–Crippen MR) is 127 cm³/mol. The van der Waals surface area contributed by atoms with E-state index < -0.39 is 0 Å². The van der Waals surface area contributed by atoms with Crippen molar-refractivity contribution in [3.8, 4) is 17.0 Å². The number of carbonyl (C=O) groups excluding carboxylic acids is 1. The van der Waals surface area contributed by atoms with Gasteiger partial charge in [-0.05, 0) is 56.2 Å². The number of hydrogen-bond acceptors (Lipinski definition) is 5. The van der Waals surface area contributed by atoms with Crippen LogP contribution in [0.25, 0.3) is 11.3 Å². The van der Waals surface area contributed by atoms with Gasteiger partial charge in [-0.15, -0.1) is 10.2 Å². The van der Waals surface area contributed by atoms with Crippen molar-refractivity contribution in [3.63, 3.8) is 0 Å². The van der Waals surface area contributed by atoms with E-state index in [-0.39, 0.29) is 12.5 Å². The van der Waals surface area contributed by atoms with Crippen LogP contribution in [0.15, 0.2) is 48.5 Å². The van der Waals surface area contributed by atoms with E-state index in [0.29, 0.717) is 31.9 Å². The zero-order valence-corrected chi connectivity index (χ0v) is 19.4. The number of amides is 1. The summed E-state index contributed by atoms with van der Waals surface area (Å²) in [6.45, 7) is 8.62. The van der Waals surface area contributed by atoms with Crippen molar-refractivity contribution >= 4 is 23.3 Å². The summed E-state index contributed by atoms with van der Waals surface area (Å²) in [6.07, 6.45) is 0. The lowest BCUT2D eigenvalue weighted by atomic mass is 10.1. The normalized spacial score (nSPS) is 13.9. The molecule has 0 radical (unpaired) electrons. The van der Waals surface area contributed by atoms with Gasteiger partial charge < -0.3 is 14.5 Å². The van der Waals surface area contributed by atoms with Gasteiger partial charge in [-0.1, -0.05) is 41.4 Å². The van der Waals surface area contributed by atoms with Crippen LogP contribution in [0, 0.1) is 20.8 Å². The third kappa shape index (κ3) is 5.02. The molecular weight excluding hydrogens is 424 g/mol. The molecule has 0 atom stereocenters. The fraction of sp³-hybridized carbons (Fsp3) is 0.320. The average Bonchev–Trinajstić information content (AvgIpc) is 2.81. The van der Waals surface area contributed by atoms with Gasteiger partial charge in [0.2, 0.25) is 0 Å². The van der Waals surface area contributed by atoms with Gasteiger partial charge in [0.15, 0.2) is 12.4 Å². The number of piperazine rings is 1. The highest BCUT2D eigenvalue weighted by Gasteiger charge is 2.22. The molecule has 4 rings (SSSR count). The summed E-state index contributed by atoms with van der Waals surface area (Å²) in [5, 5.41) is 9.53. The second-order valence-corrected chi connectivity index (χ2v) is 8.55. The molecule has 1 aromatic heterocycles. The fourth-order valence-corrected chi connectivity index (χ4v) is 3.89. The van der Waals surface area contributed by atoms with Crippen molar-refractivity contribution in [2.75, 3.05) is 37.7 Å². The van der Waals surface area contributed by atoms with Crippen LogP contribution < -0.4 is 9.64 Å². The standard InChI is InChI=1S/C25H27ClN4O2/c1-17-4-6-20(7-5-17)22-8-9-23(28-27-22)29-10-12-30(13-11-29)24(31)16-32-21-14-18(2)25(26)19(3)15-21/h4-9,14-15H,10-13,16H2,1-3H3. The van der Waals surface area contributed by atoms with E-state index in [2.05, 4.69) is 46.3 Å². The number of benzene rings is 2. The molecule has 0 unspecified atom stereocenters. The van der Waals surface area contributed by atoms with Crippen molar-refractivity contribution in [2.24, 2.45) is 0 Å². The molecule has 6 nitrogen and oxygen atoms in total. The van der Waals surface area contributed by atoms with Crippen LogP contribution >= 0.6 is 11.6 Å². The summed E-state index contributed by atoms with van der Waals surface area (Å²) in [6, 6.07) is 16.0. The Labute approximate surface area is 193 Å². The topological polar surface area (TPSA) is 58.6 Å². The van der Waals surface area contributed by atoms with Crippen LogP contribution in [-0.2, 0) is 4.79 Å². The van der Waals surface area contributed by atoms with Gasteiger partial charge >= 0.3 is 0 Å². The number of aryl methyl sites for hydroxylation is 3. The Kier molecular flexibility index (Phi) is 6.61. The lowest BCUT2D eigenvalue weighted by Gasteiger charge is -2.35. The van der Waals surface area contributed by atoms with E-state index >= 15 is 0 Å². The molecule has 7 heteroatoms. The molecule has 1 aliphatic heterocycles. The molecule has 0 spiro atoms. The smallest absolute Gasteiger partial charge is 0.260 e. The predicted octanol–water partition coefficient (Wildman–Crippen LogP) is 4.45. The van der Waals surface area contributed by atoms with Gasteiger partial charge in [-0.25, -0.2) is 0 Å². The van der Waals surface area contributed by atoms with Crippen LogP contribution in [-0.4, -0.2) is 53.8 Å². The third-order valence-corrected chi connectivity index (χ3v) is 6.32. The molecule has 0 saturated carbocycles. The molecule has 1 aliphatic rings. The van der Waals surface area contributed by atoms with Gasteiger partial charge in [0.25, 0.3) is 5.91 Å². The van der Waals surface area contributed by atoms with Crippen LogP contribution in [0.3, 0.4) is 0 Å². The van der Waals surface area contributed by atoms with Crippen molar-refractivity contribution in [1.29, 1.82) is 0 Å². The first kappa shape index (κ1) is 22.1. The minimum Gasteiger partial charge on any atom is -0.484 e. The number of halogens is 1. The SMILES string of the molecule is Cc1ccc(-c2ccc(N3CCN(C(=O)COc4cc(C)c(Cl)c(C)c4)CC3)nn2)cc1. The summed E-state index contributed by atoms with van der Waals surface area (Å²) >= 11 is 6.20. The van der Waals surface area contributed by atoms with Crippen LogP contribution in [0.1, 0.15) is 16.7 Å². The molecule has 1 saturated heterocycles. The van der Waals surface area contributed by atoms with Crippen molar-refractivity contribution in [1.82, 2.24) is 15.1 Å². The quantitative estimate of drug-likeness (QED) is 0.574. The maximum absolute atomic E-state index is 12.6. The third-order valence-electron chi connectivity index (χ3n) is 5.73. The maximum Gasteiger partial charge on any atom is 0.260 e. The van der Waals surface area contributed by atoms with Crippen molar-refractivity contribution in [2.45, 2.75) is 20.8 Å². The summed E-state index contributed by atoms with van der Waals surface area (Å²) in [4.78, 5) is 16.6. The summed E-state index contributed by atoms with van der Waals surface area (Å²) in [5.74, 6) is 1.48. The Morgan fingerprint density at radius 2 is 1.59 bits per heavy atom. The lowest BCUT2D eigenvalue weighted by molar-refractivity contribution is -0.133. The van der Waals surface area contributed by atoms with Crippen LogP contribution in [0.4, 0.5) is 5.82 Å². The van der Waals surface area contributed by atoms with Crippen LogP contribution in [0.5, 0.6) is 5.75 Å². The zero-order chi connectivity index (χ0) is 22.7. The second-order valence-electron chi connectivity index (χ2n) is 8.17. The van der Waals surface area contributed by atoms with Gasteiger partial charge in [-0.2, -0.15) is 0 Å². The van der Waals surface area contributed by atoms with Crippen LogP contribution in [0.2, 0.25) is 5.02 Å². The summed E-state index contributed by atoms with van der Waals surface area (Å²) < 4.78 is 5.73. The Morgan fingerprint density at radius 3 is 2.19 bits per heavy atom. The molecule has 0 aliphatic carbocycles. The number of hydrogen-bond donors (Lipinski definition) is 0. The maximum atomic E-state index is 12.6. The fourth-order valence-electron chi connectivity index (χ4n) is 3.78. The van der Waals surface area contributed by atoms with Crippen molar-refractivity contribution < 1.29 is 9.53 Å². The Bertz CT molecular complexity index is 1070. The molecule has 2 aromatic carbocycles. The van der Waals surface area contributed by atoms with Gasteiger partial charge in [0, 0.05) is 36.8 Å². The van der Waals surface area contributed by atoms with Gasteiger partial charge in [-0.3, -0.25) is 4.79 Å². The molecule has 1 amide bonds. The first-order chi connectivity index (χ1) is 15.4. The Hall–Kier alpha value is -3.12. The minimum absolute atomic E-state index is 0.0179. The Morgan fingerprint density at radius 1 is 0.938 bits per heavy atom. The molecular formula is C25H27ClN4O2. The van der Waals surface area contributed by atoms with Gasteiger partial charge in [0.1, 0.15) is 5.75 Å². The highest BCUT2D eigenvalue weighted by Crippen LogP contribution is 2.26. The number of carbonyl (C=O) groups is 1. The number of rotatable bonds is 5. The van der Waals surface area contributed by atoms with E-state index in [9.17, 15) is 4.79 Å². The molecule has 0 bridgehead atoms. The van der Waals surface area contributed by atoms with E-state index in [1.165, 1.54) is 5.56 Å². The van der Waals surface area contributed by atoms with Gasteiger partial charge in [0.05, 0.1) is 5.69 Å². The highest BCUT2D eigenvalue weighted by atomic mass is 35.5. The number of anilines is 1. The van der Waals surface area contributed by atoms with E-state index in [0.717, 1.165) is 33.2 Å². The second kappa shape index (κ2) is 9.57. The minimum atomic E-state index is -0.0179. The molecule has 1 fully saturated rings. The van der Waals surface area contributed by atoms with E-state index in [4.69, 9.17) is 16.3 Å². The Balaban J connectivity index is 1.30. The molecule has 32 heavy (non-hydrogen) atoms. The lowest BCUT2D eigenvalue weighted by Crippen LogP contribution is -2.50. The average molecular weight is 451 g/mol. The largest absolute Gasteiger partial charge is 0.484 e. The monoisotopic (exact) mass is 450 g/mol. The molecule has 0 N–H and O–H groups in total. The van der Waals surface area contributed by atoms with E-state index in [1.807, 2.05) is 43.0 Å². The summed E-state index contributed by atoms with van der Waals surface area (Å²) in [5.41, 5.74) is 5.01.